The number of benzene rings is 1. The van der Waals surface area contributed by atoms with E-state index in [0.29, 0.717) is 27.0 Å². The highest BCUT2D eigenvalue weighted by molar-refractivity contribution is 7.17. The Morgan fingerprint density at radius 1 is 1.35 bits per heavy atom. The third-order valence-corrected chi connectivity index (χ3v) is 3.63. The van der Waals surface area contributed by atoms with E-state index in [0.717, 1.165) is 11.3 Å². The van der Waals surface area contributed by atoms with E-state index in [4.69, 9.17) is 11.5 Å². The molecule has 0 atom stereocenters. The summed E-state index contributed by atoms with van der Waals surface area (Å²) in [6.07, 6.45) is 0.0697. The van der Waals surface area contributed by atoms with Crippen molar-refractivity contribution in [3.8, 4) is 0 Å². The third kappa shape index (κ3) is 3.12. The van der Waals surface area contributed by atoms with Gasteiger partial charge >= 0.3 is 0 Å². The van der Waals surface area contributed by atoms with Crippen LogP contribution < -0.4 is 16.8 Å². The molecule has 0 aliphatic heterocycles. The minimum atomic E-state index is -0.454. The zero-order valence-electron chi connectivity index (χ0n) is 10.8. The number of aryl methyl sites for hydroxylation is 1. The standard InChI is InChI=1S/C13H14N4O2S/c1-7-11(20-13(15)16-7)12(19)17-9-5-3-2-4-8(9)6-10(14)18/h2-5H,6H2,1H3,(H2,14,18)(H2,15,16)(H,17,19). The molecule has 1 aromatic heterocycles. The molecule has 6 nitrogen and oxygen atoms in total. The lowest BCUT2D eigenvalue weighted by Crippen LogP contribution is -2.17. The fraction of sp³-hybridized carbons (Fsp3) is 0.154. The van der Waals surface area contributed by atoms with Crippen LogP contribution in [-0.4, -0.2) is 16.8 Å². The number of nitrogens with one attached hydrogen (secondary N) is 1. The average molecular weight is 290 g/mol. The Labute approximate surface area is 119 Å². The second-order valence-electron chi connectivity index (χ2n) is 4.22. The van der Waals surface area contributed by atoms with Crippen molar-refractivity contribution >= 4 is 34.0 Å². The molecule has 5 N–H and O–H groups in total. The van der Waals surface area contributed by atoms with Crippen molar-refractivity contribution in [2.24, 2.45) is 5.73 Å². The Balaban J connectivity index is 2.24. The summed E-state index contributed by atoms with van der Waals surface area (Å²) < 4.78 is 0. The number of rotatable bonds is 4. The molecule has 0 saturated carbocycles. The number of amides is 2. The molecular weight excluding hydrogens is 276 g/mol. The first-order valence-corrected chi connectivity index (χ1v) is 6.69. The van der Waals surface area contributed by atoms with E-state index in [2.05, 4.69) is 10.3 Å². The second kappa shape index (κ2) is 5.70. The molecule has 104 valence electrons. The van der Waals surface area contributed by atoms with Crippen LogP contribution >= 0.6 is 11.3 Å². The number of nitrogens with zero attached hydrogens (tertiary/aromatic N) is 1. The van der Waals surface area contributed by atoms with Gasteiger partial charge in [-0.2, -0.15) is 0 Å². The van der Waals surface area contributed by atoms with Gasteiger partial charge in [0.05, 0.1) is 12.1 Å². The minimum absolute atomic E-state index is 0.0697. The van der Waals surface area contributed by atoms with Crippen molar-refractivity contribution in [3.63, 3.8) is 0 Å². The molecule has 1 aromatic carbocycles. The van der Waals surface area contributed by atoms with Crippen LogP contribution in [0.4, 0.5) is 10.8 Å². The molecule has 0 unspecified atom stereocenters. The van der Waals surface area contributed by atoms with Gasteiger partial charge in [0, 0.05) is 5.69 Å². The topological polar surface area (TPSA) is 111 Å². The molecule has 0 bridgehead atoms. The molecule has 2 rings (SSSR count). The van der Waals surface area contributed by atoms with Crippen LogP contribution in [0, 0.1) is 6.92 Å². The molecule has 0 aliphatic carbocycles. The van der Waals surface area contributed by atoms with E-state index in [1.54, 1.807) is 31.2 Å². The zero-order valence-corrected chi connectivity index (χ0v) is 11.7. The lowest BCUT2D eigenvalue weighted by Gasteiger charge is -2.09. The van der Waals surface area contributed by atoms with E-state index < -0.39 is 5.91 Å². The van der Waals surface area contributed by atoms with Crippen LogP contribution in [0.2, 0.25) is 0 Å². The average Bonchev–Trinajstić information content (AvgIpc) is 2.70. The summed E-state index contributed by atoms with van der Waals surface area (Å²) in [6.45, 7) is 1.72. The van der Waals surface area contributed by atoms with Gasteiger partial charge in [-0.15, -0.1) is 0 Å². The number of para-hydroxylation sites is 1. The van der Waals surface area contributed by atoms with E-state index in [1.807, 2.05) is 0 Å². The smallest absolute Gasteiger partial charge is 0.267 e. The highest BCUT2D eigenvalue weighted by Crippen LogP contribution is 2.22. The highest BCUT2D eigenvalue weighted by Gasteiger charge is 2.15. The number of carbonyl (C=O) groups excluding carboxylic acids is 2. The largest absolute Gasteiger partial charge is 0.375 e. The van der Waals surface area contributed by atoms with Gasteiger partial charge in [-0.25, -0.2) is 4.98 Å². The first kappa shape index (κ1) is 14.0. The van der Waals surface area contributed by atoms with E-state index >= 15 is 0 Å². The molecule has 0 radical (unpaired) electrons. The highest BCUT2D eigenvalue weighted by atomic mass is 32.1. The summed E-state index contributed by atoms with van der Waals surface area (Å²) in [5, 5.41) is 3.10. The summed E-state index contributed by atoms with van der Waals surface area (Å²) in [5.41, 5.74) is 12.6. The maximum absolute atomic E-state index is 12.2. The lowest BCUT2D eigenvalue weighted by atomic mass is 10.1. The SMILES string of the molecule is Cc1nc(N)sc1C(=O)Nc1ccccc1CC(N)=O. The monoisotopic (exact) mass is 290 g/mol. The Bertz CT molecular complexity index is 666. The number of hydrogen-bond donors (Lipinski definition) is 3. The molecule has 0 saturated heterocycles. The van der Waals surface area contributed by atoms with Crippen LogP contribution in [0.25, 0.3) is 0 Å². The number of primary amides is 1. The fourth-order valence-corrected chi connectivity index (χ4v) is 2.52. The molecule has 1 heterocycles. The first-order chi connectivity index (χ1) is 9.47. The minimum Gasteiger partial charge on any atom is -0.375 e. The summed E-state index contributed by atoms with van der Waals surface area (Å²) in [7, 11) is 0. The molecule has 20 heavy (non-hydrogen) atoms. The summed E-state index contributed by atoms with van der Waals surface area (Å²) in [5.74, 6) is -0.751. The Morgan fingerprint density at radius 3 is 2.65 bits per heavy atom. The maximum Gasteiger partial charge on any atom is 0.267 e. The molecular formula is C13H14N4O2S. The predicted octanol–water partition coefficient (Wildman–Crippen LogP) is 1.31. The number of carbonyl (C=O) groups is 2. The maximum atomic E-state index is 12.2. The van der Waals surface area contributed by atoms with Gasteiger partial charge < -0.3 is 16.8 Å². The third-order valence-electron chi connectivity index (χ3n) is 2.65. The molecule has 7 heteroatoms. The van der Waals surface area contributed by atoms with Gasteiger partial charge in [0.1, 0.15) is 4.88 Å². The van der Waals surface area contributed by atoms with E-state index in [9.17, 15) is 9.59 Å². The van der Waals surface area contributed by atoms with Gasteiger partial charge in [0.25, 0.3) is 5.91 Å². The van der Waals surface area contributed by atoms with Crippen molar-refractivity contribution in [3.05, 3.63) is 40.4 Å². The number of anilines is 2. The number of thiazole rings is 1. The van der Waals surface area contributed by atoms with Crippen LogP contribution in [0.5, 0.6) is 0 Å². The summed E-state index contributed by atoms with van der Waals surface area (Å²) >= 11 is 1.12. The van der Waals surface area contributed by atoms with Gasteiger partial charge in [-0.3, -0.25) is 9.59 Å². The Morgan fingerprint density at radius 2 is 2.05 bits per heavy atom. The lowest BCUT2D eigenvalue weighted by molar-refractivity contribution is -0.117. The van der Waals surface area contributed by atoms with Gasteiger partial charge in [-0.05, 0) is 18.6 Å². The molecule has 0 aliphatic rings. The van der Waals surface area contributed by atoms with E-state index in [1.165, 1.54) is 0 Å². The Hall–Kier alpha value is -2.41. The van der Waals surface area contributed by atoms with Gasteiger partial charge in [0.15, 0.2) is 5.13 Å². The van der Waals surface area contributed by atoms with Crippen LogP contribution in [0.1, 0.15) is 20.9 Å². The van der Waals surface area contributed by atoms with E-state index in [-0.39, 0.29) is 12.3 Å². The second-order valence-corrected chi connectivity index (χ2v) is 5.25. The predicted molar refractivity (Wildman–Crippen MR) is 78.6 cm³/mol. The quantitative estimate of drug-likeness (QED) is 0.788. The van der Waals surface area contributed by atoms with Crippen molar-refractivity contribution < 1.29 is 9.59 Å². The molecule has 2 aromatic rings. The Kier molecular flexibility index (Phi) is 3.99. The normalized spacial score (nSPS) is 10.2. The summed E-state index contributed by atoms with van der Waals surface area (Å²) in [6, 6.07) is 7.02. The van der Waals surface area contributed by atoms with Gasteiger partial charge in [0.2, 0.25) is 5.91 Å². The molecule has 0 spiro atoms. The van der Waals surface area contributed by atoms with Crippen molar-refractivity contribution in [1.29, 1.82) is 0 Å². The number of hydrogen-bond acceptors (Lipinski definition) is 5. The number of aromatic nitrogens is 1. The number of nitrogen functional groups attached to an aromatic ring is 1. The first-order valence-electron chi connectivity index (χ1n) is 5.88. The molecule has 0 fully saturated rings. The van der Waals surface area contributed by atoms with Crippen molar-refractivity contribution in [1.82, 2.24) is 4.98 Å². The fourth-order valence-electron chi connectivity index (χ4n) is 1.79. The summed E-state index contributed by atoms with van der Waals surface area (Å²) in [4.78, 5) is 27.7. The molecule has 2 amide bonds. The van der Waals surface area contributed by atoms with Gasteiger partial charge in [-0.1, -0.05) is 29.5 Å². The van der Waals surface area contributed by atoms with Crippen LogP contribution in [-0.2, 0) is 11.2 Å². The van der Waals surface area contributed by atoms with Crippen LogP contribution in [0.3, 0.4) is 0 Å². The van der Waals surface area contributed by atoms with Crippen molar-refractivity contribution in [2.45, 2.75) is 13.3 Å². The number of nitrogens with two attached hydrogens (primary N) is 2. The van der Waals surface area contributed by atoms with Crippen molar-refractivity contribution in [2.75, 3.05) is 11.1 Å². The zero-order chi connectivity index (χ0) is 14.7. The van der Waals surface area contributed by atoms with Crippen LogP contribution in [0.15, 0.2) is 24.3 Å².